The average molecular weight is 188 g/mol. The summed E-state index contributed by atoms with van der Waals surface area (Å²) in [4.78, 5) is 1.26. The normalized spacial score (nSPS) is 13.5. The molecule has 3 rings (SSSR count). The Bertz CT molecular complexity index is 448. The molecule has 0 saturated heterocycles. The monoisotopic (exact) mass is 188 g/mol. The first kappa shape index (κ1) is 7.21. The third kappa shape index (κ3) is 1.00. The first-order valence-corrected chi connectivity index (χ1v) is 5.18. The molecule has 64 valence electrons. The maximum atomic E-state index is 4.06. The second-order valence-electron chi connectivity index (χ2n) is 3.06. The zero-order chi connectivity index (χ0) is 8.67. The summed E-state index contributed by atoms with van der Waals surface area (Å²) >= 11 is 1.84. The summed E-state index contributed by atoms with van der Waals surface area (Å²) in [6, 6.07) is 8.47. The quantitative estimate of drug-likeness (QED) is 0.688. The van der Waals surface area contributed by atoms with Gasteiger partial charge < -0.3 is 0 Å². The molecule has 1 aromatic carbocycles. The molecule has 2 heterocycles. The molecule has 1 aromatic heterocycles. The van der Waals surface area contributed by atoms with E-state index in [9.17, 15) is 0 Å². The van der Waals surface area contributed by atoms with Crippen LogP contribution in [-0.4, -0.2) is 10.2 Å². The summed E-state index contributed by atoms with van der Waals surface area (Å²) in [5.41, 5.74) is 3.87. The average Bonchev–Trinajstić information content (AvgIpc) is 2.65. The number of H-pyrrole nitrogens is 1. The van der Waals surface area contributed by atoms with E-state index in [0.717, 1.165) is 5.75 Å². The predicted octanol–water partition coefficient (Wildman–Crippen LogP) is 2.68. The Hall–Kier alpha value is -1.22. The molecule has 0 aliphatic carbocycles. The van der Waals surface area contributed by atoms with Crippen LogP contribution in [0, 0.1) is 0 Å². The van der Waals surface area contributed by atoms with Gasteiger partial charge in [0.15, 0.2) is 0 Å². The van der Waals surface area contributed by atoms with Crippen LogP contribution in [-0.2, 0) is 5.75 Å². The number of aromatic nitrogens is 2. The van der Waals surface area contributed by atoms with Gasteiger partial charge in [0.05, 0.1) is 16.8 Å². The van der Waals surface area contributed by atoms with E-state index in [0.29, 0.717) is 0 Å². The molecule has 0 atom stereocenters. The zero-order valence-electron chi connectivity index (χ0n) is 6.95. The summed E-state index contributed by atoms with van der Waals surface area (Å²) in [7, 11) is 0. The molecule has 0 unspecified atom stereocenters. The van der Waals surface area contributed by atoms with Gasteiger partial charge in [-0.1, -0.05) is 24.3 Å². The van der Waals surface area contributed by atoms with E-state index >= 15 is 0 Å². The largest absolute Gasteiger partial charge is 0.277 e. The van der Waals surface area contributed by atoms with Gasteiger partial charge in [-0.25, -0.2) is 0 Å². The van der Waals surface area contributed by atoms with Gasteiger partial charge in [-0.2, -0.15) is 5.10 Å². The topological polar surface area (TPSA) is 28.7 Å². The minimum atomic E-state index is 1.06. The summed E-state index contributed by atoms with van der Waals surface area (Å²) in [5, 5.41) is 7.10. The van der Waals surface area contributed by atoms with Crippen molar-refractivity contribution >= 4 is 11.8 Å². The van der Waals surface area contributed by atoms with E-state index in [1.165, 1.54) is 21.7 Å². The van der Waals surface area contributed by atoms with Gasteiger partial charge in [-0.3, -0.25) is 5.10 Å². The molecule has 0 fully saturated rings. The van der Waals surface area contributed by atoms with E-state index in [-0.39, 0.29) is 0 Å². The van der Waals surface area contributed by atoms with Crippen LogP contribution < -0.4 is 0 Å². The molecule has 0 saturated carbocycles. The number of hydrogen-bond donors (Lipinski definition) is 1. The highest BCUT2D eigenvalue weighted by molar-refractivity contribution is 7.98. The molecule has 1 aliphatic heterocycles. The van der Waals surface area contributed by atoms with Gasteiger partial charge in [0, 0.05) is 11.3 Å². The van der Waals surface area contributed by atoms with Crippen molar-refractivity contribution in [2.24, 2.45) is 0 Å². The van der Waals surface area contributed by atoms with Gasteiger partial charge in [0.1, 0.15) is 0 Å². The molecule has 3 heteroatoms. The number of rotatable bonds is 0. The number of hydrogen-bond acceptors (Lipinski definition) is 2. The Morgan fingerprint density at radius 2 is 2.23 bits per heavy atom. The fourth-order valence-electron chi connectivity index (χ4n) is 1.62. The lowest BCUT2D eigenvalue weighted by molar-refractivity contribution is 1.09. The molecule has 2 nitrogen and oxygen atoms in total. The molecule has 0 radical (unpaired) electrons. The second-order valence-corrected chi connectivity index (χ2v) is 4.07. The minimum Gasteiger partial charge on any atom is -0.277 e. The zero-order valence-corrected chi connectivity index (χ0v) is 7.77. The van der Waals surface area contributed by atoms with E-state index < -0.39 is 0 Å². The molecule has 0 bridgehead atoms. The Kier molecular flexibility index (Phi) is 1.46. The number of nitrogens with one attached hydrogen (secondary N) is 1. The first-order chi connectivity index (χ1) is 6.45. The van der Waals surface area contributed by atoms with Crippen LogP contribution in [0.3, 0.4) is 0 Å². The standard InChI is InChI=1S/C10H8N2S/c1-2-4-8-7(3-1)6-13-9-5-11-12-10(8)9/h1-5H,6H2,(H,11,12). The van der Waals surface area contributed by atoms with Crippen molar-refractivity contribution in [3.8, 4) is 11.3 Å². The highest BCUT2D eigenvalue weighted by atomic mass is 32.2. The fourth-order valence-corrected chi connectivity index (χ4v) is 2.61. The number of aromatic amines is 1. The van der Waals surface area contributed by atoms with Gasteiger partial charge in [0.25, 0.3) is 0 Å². The predicted molar refractivity (Wildman–Crippen MR) is 53.6 cm³/mol. The third-order valence-electron chi connectivity index (χ3n) is 2.27. The van der Waals surface area contributed by atoms with Crippen molar-refractivity contribution < 1.29 is 0 Å². The number of fused-ring (bicyclic) bond motifs is 3. The molecule has 1 aliphatic rings. The summed E-state index contributed by atoms with van der Waals surface area (Å²) < 4.78 is 0. The molecular formula is C10H8N2S. The highest BCUT2D eigenvalue weighted by Gasteiger charge is 2.16. The van der Waals surface area contributed by atoms with Crippen molar-refractivity contribution in [1.29, 1.82) is 0 Å². The Balaban J connectivity index is 2.30. The van der Waals surface area contributed by atoms with Gasteiger partial charge in [-0.15, -0.1) is 11.8 Å². The van der Waals surface area contributed by atoms with E-state index in [2.05, 4.69) is 34.5 Å². The first-order valence-electron chi connectivity index (χ1n) is 4.19. The minimum absolute atomic E-state index is 1.06. The maximum absolute atomic E-state index is 4.06. The number of nitrogens with zero attached hydrogens (tertiary/aromatic N) is 1. The van der Waals surface area contributed by atoms with Crippen molar-refractivity contribution in [3.63, 3.8) is 0 Å². The van der Waals surface area contributed by atoms with Crippen LogP contribution in [0.4, 0.5) is 0 Å². The van der Waals surface area contributed by atoms with Gasteiger partial charge >= 0.3 is 0 Å². The molecular weight excluding hydrogens is 180 g/mol. The van der Waals surface area contributed by atoms with Gasteiger partial charge in [-0.05, 0) is 5.56 Å². The highest BCUT2D eigenvalue weighted by Crippen LogP contribution is 2.39. The number of thioether (sulfide) groups is 1. The lowest BCUT2D eigenvalue weighted by atomic mass is 10.1. The summed E-state index contributed by atoms with van der Waals surface area (Å²) in [5.74, 6) is 1.06. The maximum Gasteiger partial charge on any atom is 0.0789 e. The van der Waals surface area contributed by atoms with Crippen LogP contribution in [0.2, 0.25) is 0 Å². The van der Waals surface area contributed by atoms with Crippen LogP contribution in [0.25, 0.3) is 11.3 Å². The molecule has 0 spiro atoms. The molecule has 0 amide bonds. The summed E-state index contributed by atoms with van der Waals surface area (Å²) in [6.07, 6.45) is 1.90. The number of benzene rings is 1. The van der Waals surface area contributed by atoms with E-state index in [1.54, 1.807) is 0 Å². The smallest absolute Gasteiger partial charge is 0.0789 e. The SMILES string of the molecule is c1ccc2c(c1)CSc1cn[nH]c1-2. The Morgan fingerprint density at radius 1 is 1.31 bits per heavy atom. The lowest BCUT2D eigenvalue weighted by Crippen LogP contribution is -1.93. The van der Waals surface area contributed by atoms with Crippen LogP contribution >= 0.6 is 11.8 Å². The molecule has 2 aromatic rings. The third-order valence-corrected chi connectivity index (χ3v) is 3.35. The van der Waals surface area contributed by atoms with Crippen molar-refractivity contribution in [2.45, 2.75) is 10.6 Å². The van der Waals surface area contributed by atoms with E-state index in [1.807, 2.05) is 18.0 Å². The Labute approximate surface area is 80.4 Å². The van der Waals surface area contributed by atoms with Crippen molar-refractivity contribution in [3.05, 3.63) is 36.0 Å². The van der Waals surface area contributed by atoms with Crippen molar-refractivity contribution in [2.75, 3.05) is 0 Å². The molecule has 1 N–H and O–H groups in total. The van der Waals surface area contributed by atoms with Gasteiger partial charge in [0.2, 0.25) is 0 Å². The lowest BCUT2D eigenvalue weighted by Gasteiger charge is -2.14. The van der Waals surface area contributed by atoms with Crippen LogP contribution in [0.15, 0.2) is 35.4 Å². The Morgan fingerprint density at radius 3 is 3.23 bits per heavy atom. The van der Waals surface area contributed by atoms with Crippen molar-refractivity contribution in [1.82, 2.24) is 10.2 Å². The second kappa shape index (κ2) is 2.64. The van der Waals surface area contributed by atoms with Crippen LogP contribution in [0.1, 0.15) is 5.56 Å². The van der Waals surface area contributed by atoms with E-state index in [4.69, 9.17) is 0 Å². The van der Waals surface area contributed by atoms with Crippen LogP contribution in [0.5, 0.6) is 0 Å². The fraction of sp³-hybridized carbons (Fsp3) is 0.100. The summed E-state index contributed by atoms with van der Waals surface area (Å²) in [6.45, 7) is 0. The molecule has 13 heavy (non-hydrogen) atoms.